The second-order valence-corrected chi connectivity index (χ2v) is 9.57. The van der Waals surface area contributed by atoms with Crippen molar-refractivity contribution in [3.8, 4) is 11.5 Å². The largest absolute Gasteiger partial charge is 0.489 e. The number of alkyl halides is 3. The van der Waals surface area contributed by atoms with Crippen molar-refractivity contribution in [3.63, 3.8) is 0 Å². The molecule has 0 radical (unpaired) electrons. The van der Waals surface area contributed by atoms with Crippen molar-refractivity contribution in [2.24, 2.45) is 0 Å². The number of carboxylic acids is 1. The van der Waals surface area contributed by atoms with E-state index in [4.69, 9.17) is 14.6 Å². The normalized spacial score (nSPS) is 11.4. The van der Waals surface area contributed by atoms with E-state index in [2.05, 4.69) is 4.98 Å². The number of hydrogen-bond acceptors (Lipinski definition) is 4. The third-order valence-corrected chi connectivity index (χ3v) is 6.59. The molecule has 0 unspecified atom stereocenters. The standard InChI is InChI=1S/C33H26F3NO4/c34-33(35,36)30-14-6-13-28-29(25(19-37-32(28)30)15-22-7-2-1-3-8-22)18-23-9-4-11-26(16-23)40-20-24-10-5-12-27(17-24)41-21-31(38)39/h1-14,16-17,19H,15,18,20-21H2,(H,38,39). The lowest BCUT2D eigenvalue weighted by Gasteiger charge is -2.17. The number of nitrogens with zero attached hydrogens (tertiary/aromatic N) is 1. The highest BCUT2D eigenvalue weighted by atomic mass is 19.4. The van der Waals surface area contributed by atoms with Crippen LogP contribution in [0.1, 0.15) is 33.4 Å². The zero-order valence-electron chi connectivity index (χ0n) is 21.9. The summed E-state index contributed by atoms with van der Waals surface area (Å²) in [6.45, 7) is -0.215. The number of rotatable bonds is 10. The SMILES string of the molecule is O=C(O)COc1cccc(COc2cccc(Cc3c(Cc4ccccc4)cnc4c(C(F)(F)F)cccc34)c2)c1. The molecule has 5 rings (SSSR count). The predicted octanol–water partition coefficient (Wildman–Crippen LogP) is 7.48. The van der Waals surface area contributed by atoms with E-state index >= 15 is 0 Å². The fourth-order valence-electron chi connectivity index (χ4n) is 4.71. The second-order valence-electron chi connectivity index (χ2n) is 9.57. The molecule has 1 heterocycles. The molecule has 0 saturated heterocycles. The molecule has 0 aliphatic carbocycles. The van der Waals surface area contributed by atoms with Gasteiger partial charge in [-0.25, -0.2) is 4.79 Å². The number of aromatic nitrogens is 1. The third kappa shape index (κ3) is 7.03. The van der Waals surface area contributed by atoms with Gasteiger partial charge in [0, 0.05) is 11.6 Å². The van der Waals surface area contributed by atoms with E-state index < -0.39 is 24.3 Å². The van der Waals surface area contributed by atoms with Gasteiger partial charge in [-0.05, 0) is 71.0 Å². The van der Waals surface area contributed by atoms with Crippen LogP contribution in [-0.4, -0.2) is 22.7 Å². The van der Waals surface area contributed by atoms with Gasteiger partial charge in [-0.15, -0.1) is 0 Å². The Bertz CT molecular complexity index is 1670. The van der Waals surface area contributed by atoms with Gasteiger partial charge in [-0.3, -0.25) is 4.98 Å². The van der Waals surface area contributed by atoms with Crippen molar-refractivity contribution in [1.29, 1.82) is 0 Å². The van der Waals surface area contributed by atoms with Crippen LogP contribution < -0.4 is 9.47 Å². The van der Waals surface area contributed by atoms with Crippen LogP contribution in [0.25, 0.3) is 10.9 Å². The van der Waals surface area contributed by atoms with E-state index in [0.717, 1.165) is 33.9 Å². The molecule has 0 fully saturated rings. The summed E-state index contributed by atoms with van der Waals surface area (Å²) in [7, 11) is 0. The summed E-state index contributed by atoms with van der Waals surface area (Å²) in [5, 5.41) is 9.29. The summed E-state index contributed by atoms with van der Waals surface area (Å²) in [5.41, 5.74) is 3.52. The third-order valence-electron chi connectivity index (χ3n) is 6.59. The van der Waals surface area contributed by atoms with Crippen molar-refractivity contribution in [1.82, 2.24) is 4.98 Å². The Morgan fingerprint density at radius 3 is 2.15 bits per heavy atom. The van der Waals surface area contributed by atoms with Gasteiger partial charge in [0.25, 0.3) is 0 Å². The predicted molar refractivity (Wildman–Crippen MR) is 149 cm³/mol. The molecule has 5 nitrogen and oxygen atoms in total. The number of hydrogen-bond donors (Lipinski definition) is 1. The fourth-order valence-corrected chi connectivity index (χ4v) is 4.71. The minimum Gasteiger partial charge on any atom is -0.489 e. The number of fused-ring (bicyclic) bond motifs is 1. The summed E-state index contributed by atoms with van der Waals surface area (Å²) < 4.78 is 52.7. The Morgan fingerprint density at radius 2 is 1.41 bits per heavy atom. The van der Waals surface area contributed by atoms with Crippen LogP contribution in [0.5, 0.6) is 11.5 Å². The van der Waals surface area contributed by atoms with Crippen LogP contribution in [0.3, 0.4) is 0 Å². The van der Waals surface area contributed by atoms with Crippen LogP contribution >= 0.6 is 0 Å². The Balaban J connectivity index is 1.43. The molecule has 0 aliphatic heterocycles. The molecule has 5 aromatic rings. The molecule has 41 heavy (non-hydrogen) atoms. The lowest BCUT2D eigenvalue weighted by Crippen LogP contribution is -2.09. The Hall–Kier alpha value is -4.85. The fraction of sp³-hybridized carbons (Fsp3) is 0.152. The lowest BCUT2D eigenvalue weighted by atomic mass is 9.92. The van der Waals surface area contributed by atoms with Gasteiger partial charge in [0.1, 0.15) is 18.1 Å². The molecule has 0 atom stereocenters. The van der Waals surface area contributed by atoms with Gasteiger partial charge < -0.3 is 14.6 Å². The van der Waals surface area contributed by atoms with Gasteiger partial charge in [0.15, 0.2) is 6.61 Å². The molecule has 0 aliphatic rings. The quantitative estimate of drug-likeness (QED) is 0.193. The van der Waals surface area contributed by atoms with Crippen LogP contribution in [-0.2, 0) is 30.4 Å². The topological polar surface area (TPSA) is 68.7 Å². The first-order valence-corrected chi connectivity index (χ1v) is 12.9. The molecule has 208 valence electrons. The number of carboxylic acid groups (broad SMARTS) is 1. The van der Waals surface area contributed by atoms with E-state index in [1.54, 1.807) is 30.5 Å². The summed E-state index contributed by atoms with van der Waals surface area (Å²) in [6.07, 6.45) is -2.04. The summed E-state index contributed by atoms with van der Waals surface area (Å²) in [5.74, 6) is -0.0405. The number of pyridine rings is 1. The van der Waals surface area contributed by atoms with Crippen molar-refractivity contribution in [2.75, 3.05) is 6.61 Å². The monoisotopic (exact) mass is 557 g/mol. The molecule has 0 saturated carbocycles. The minimum atomic E-state index is -4.52. The maximum atomic E-state index is 13.8. The van der Waals surface area contributed by atoms with Crippen LogP contribution in [0.2, 0.25) is 0 Å². The maximum absolute atomic E-state index is 13.8. The van der Waals surface area contributed by atoms with Crippen LogP contribution in [0, 0.1) is 0 Å². The zero-order chi connectivity index (χ0) is 28.8. The first kappa shape index (κ1) is 27.7. The van der Waals surface area contributed by atoms with Crippen LogP contribution in [0.15, 0.2) is 103 Å². The summed E-state index contributed by atoms with van der Waals surface area (Å²) in [6, 6.07) is 28.4. The van der Waals surface area contributed by atoms with Crippen molar-refractivity contribution < 1.29 is 32.5 Å². The molecule has 1 aromatic heterocycles. The number of aliphatic carboxylic acids is 1. The van der Waals surface area contributed by atoms with E-state index in [1.165, 1.54) is 6.07 Å². The Morgan fingerprint density at radius 1 is 0.756 bits per heavy atom. The van der Waals surface area contributed by atoms with Gasteiger partial charge in [-0.2, -0.15) is 13.2 Å². The number of benzene rings is 4. The van der Waals surface area contributed by atoms with Gasteiger partial charge in [0.2, 0.25) is 0 Å². The molecule has 0 amide bonds. The number of halogens is 3. The Kier molecular flexibility index (Phi) is 8.19. The molecule has 0 spiro atoms. The van der Waals surface area contributed by atoms with E-state index in [0.29, 0.717) is 29.7 Å². The van der Waals surface area contributed by atoms with Gasteiger partial charge in [0.05, 0.1) is 11.1 Å². The van der Waals surface area contributed by atoms with Crippen molar-refractivity contribution in [2.45, 2.75) is 25.6 Å². The van der Waals surface area contributed by atoms with E-state index in [1.807, 2.05) is 60.7 Å². The number of carbonyl (C=O) groups is 1. The van der Waals surface area contributed by atoms with Gasteiger partial charge >= 0.3 is 12.1 Å². The van der Waals surface area contributed by atoms with Crippen LogP contribution in [0.4, 0.5) is 13.2 Å². The molecule has 4 aromatic carbocycles. The van der Waals surface area contributed by atoms with Crippen molar-refractivity contribution in [3.05, 3.63) is 137 Å². The average Bonchev–Trinajstić information content (AvgIpc) is 2.96. The highest BCUT2D eigenvalue weighted by Gasteiger charge is 2.33. The minimum absolute atomic E-state index is 0.0655. The first-order chi connectivity index (χ1) is 19.8. The number of para-hydroxylation sites is 1. The highest BCUT2D eigenvalue weighted by molar-refractivity contribution is 5.86. The van der Waals surface area contributed by atoms with E-state index in [-0.39, 0.29) is 12.1 Å². The zero-order valence-corrected chi connectivity index (χ0v) is 21.9. The maximum Gasteiger partial charge on any atom is 0.418 e. The molecular formula is C33H26F3NO4. The second kappa shape index (κ2) is 12.1. The number of ether oxygens (including phenoxy) is 2. The summed E-state index contributed by atoms with van der Waals surface area (Å²) >= 11 is 0. The molecular weight excluding hydrogens is 531 g/mol. The lowest BCUT2D eigenvalue weighted by molar-refractivity contribution is -0.139. The van der Waals surface area contributed by atoms with Gasteiger partial charge in [-0.1, -0.05) is 66.7 Å². The first-order valence-electron chi connectivity index (χ1n) is 12.9. The van der Waals surface area contributed by atoms with Crippen molar-refractivity contribution >= 4 is 16.9 Å². The molecule has 8 heteroatoms. The van der Waals surface area contributed by atoms with E-state index in [9.17, 15) is 18.0 Å². The Labute approximate surface area is 234 Å². The summed E-state index contributed by atoms with van der Waals surface area (Å²) in [4.78, 5) is 15.0. The highest BCUT2D eigenvalue weighted by Crippen LogP contribution is 2.36. The average molecular weight is 558 g/mol. The molecule has 0 bridgehead atoms. The molecule has 1 N–H and O–H groups in total. The smallest absolute Gasteiger partial charge is 0.418 e.